The molecule has 2 heterocycles. The van der Waals surface area contributed by atoms with Crippen LogP contribution in [-0.4, -0.2) is 41.5 Å². The third-order valence-electron chi connectivity index (χ3n) is 9.22. The summed E-state index contributed by atoms with van der Waals surface area (Å²) in [7, 11) is 0. The second-order valence-corrected chi connectivity index (χ2v) is 14.5. The zero-order chi connectivity index (χ0) is 39.0. The Morgan fingerprint density at radius 2 is 0.696 bits per heavy atom. The fourth-order valence-corrected chi connectivity index (χ4v) is 7.05. The van der Waals surface area contributed by atoms with Crippen LogP contribution >= 0.6 is 23.2 Å². The van der Waals surface area contributed by atoms with Gasteiger partial charge in [0.05, 0.1) is 48.1 Å². The second kappa shape index (κ2) is 17.8. The number of rotatable bonds is 10. The average molecular weight is 778 g/mol. The molecule has 56 heavy (non-hydrogen) atoms. The molecular weight excluding hydrogens is 735 g/mol. The van der Waals surface area contributed by atoms with Crippen molar-refractivity contribution >= 4 is 23.2 Å². The summed E-state index contributed by atoms with van der Waals surface area (Å²) in [5, 5.41) is 21.8. The molecule has 2 atom stereocenters. The molecule has 0 aliphatic carbocycles. The van der Waals surface area contributed by atoms with Crippen molar-refractivity contribution in [2.45, 2.75) is 39.1 Å². The standard InChI is InChI=1S/2C24H21ClN2O/c2*1-17(28)16-27-23(19-10-6-3-7-11-19)22(18-8-4-2-5-9-18)26-24(27)20-12-14-21(25)15-13-20/h2*2-15,17,28H,16H2,1H3/t2*17-/m10/s1. The van der Waals surface area contributed by atoms with Gasteiger partial charge >= 0.3 is 0 Å². The Hall–Kier alpha value is -5.76. The quantitative estimate of drug-likeness (QED) is 0.145. The van der Waals surface area contributed by atoms with Crippen molar-refractivity contribution < 1.29 is 10.2 Å². The highest BCUT2D eigenvalue weighted by Gasteiger charge is 2.23. The van der Waals surface area contributed by atoms with Crippen molar-refractivity contribution in [2.75, 3.05) is 0 Å². The van der Waals surface area contributed by atoms with Crippen LogP contribution in [0.2, 0.25) is 10.0 Å². The van der Waals surface area contributed by atoms with E-state index in [0.29, 0.717) is 23.1 Å². The van der Waals surface area contributed by atoms with Crippen LogP contribution in [0.5, 0.6) is 0 Å². The van der Waals surface area contributed by atoms with E-state index in [9.17, 15) is 10.2 Å². The van der Waals surface area contributed by atoms with Crippen LogP contribution in [0.3, 0.4) is 0 Å². The van der Waals surface area contributed by atoms with E-state index in [0.717, 1.165) is 67.8 Å². The maximum Gasteiger partial charge on any atom is 0.141 e. The number of aromatic nitrogens is 4. The first-order valence-corrected chi connectivity index (χ1v) is 19.3. The Labute approximate surface area is 337 Å². The first kappa shape index (κ1) is 38.5. The summed E-state index contributed by atoms with van der Waals surface area (Å²) in [5.41, 5.74) is 9.94. The van der Waals surface area contributed by atoms with Gasteiger partial charge in [-0.05, 0) is 62.4 Å². The van der Waals surface area contributed by atoms with Crippen molar-refractivity contribution in [3.8, 4) is 67.8 Å². The van der Waals surface area contributed by atoms with E-state index in [-0.39, 0.29) is 0 Å². The van der Waals surface area contributed by atoms with Gasteiger partial charge in [-0.1, -0.05) is 145 Å². The first-order chi connectivity index (χ1) is 27.3. The summed E-state index contributed by atoms with van der Waals surface area (Å²) in [5.74, 6) is 1.63. The number of halogens is 2. The van der Waals surface area contributed by atoms with Crippen LogP contribution < -0.4 is 0 Å². The molecule has 0 unspecified atom stereocenters. The molecule has 8 aromatic rings. The zero-order valence-corrected chi connectivity index (χ0v) is 32.7. The number of aliphatic hydroxyl groups excluding tert-OH is 2. The number of aliphatic hydroxyl groups is 2. The van der Waals surface area contributed by atoms with E-state index in [1.54, 1.807) is 13.8 Å². The SMILES string of the molecule is C[C@@H](O)Cn1c(-c2ccc(Cl)cc2)nc(-c2ccccc2)c1-c1ccccc1.C[C@H](O)Cn1c(-c2ccc(Cl)cc2)nc(-c2ccccc2)c1-c1ccccc1. The number of hydrogen-bond donors (Lipinski definition) is 2. The molecule has 0 saturated carbocycles. The summed E-state index contributed by atoms with van der Waals surface area (Å²) in [6.45, 7) is 4.48. The lowest BCUT2D eigenvalue weighted by molar-refractivity contribution is 0.174. The maximum absolute atomic E-state index is 10.2. The number of benzene rings is 6. The highest BCUT2D eigenvalue weighted by molar-refractivity contribution is 6.30. The molecule has 6 aromatic carbocycles. The normalized spacial score (nSPS) is 12.1. The minimum Gasteiger partial charge on any atom is -0.392 e. The van der Waals surface area contributed by atoms with E-state index in [2.05, 4.69) is 57.7 Å². The van der Waals surface area contributed by atoms with Gasteiger partial charge in [-0.15, -0.1) is 0 Å². The molecule has 2 aromatic heterocycles. The number of nitrogens with zero attached hydrogens (tertiary/aromatic N) is 4. The third kappa shape index (κ3) is 8.86. The van der Waals surface area contributed by atoms with Crippen LogP contribution in [0.25, 0.3) is 67.8 Å². The van der Waals surface area contributed by atoms with Gasteiger partial charge in [0.1, 0.15) is 11.6 Å². The van der Waals surface area contributed by atoms with E-state index >= 15 is 0 Å². The van der Waals surface area contributed by atoms with Gasteiger partial charge in [0.25, 0.3) is 0 Å². The minimum absolute atomic E-state index is 0.446. The van der Waals surface area contributed by atoms with Crippen molar-refractivity contribution in [3.05, 3.63) is 180 Å². The van der Waals surface area contributed by atoms with E-state index in [1.807, 2.05) is 121 Å². The molecule has 6 nitrogen and oxygen atoms in total. The molecular formula is C48H42Cl2N4O2. The second-order valence-electron chi connectivity index (χ2n) is 13.7. The largest absolute Gasteiger partial charge is 0.392 e. The Morgan fingerprint density at radius 1 is 0.411 bits per heavy atom. The van der Waals surface area contributed by atoms with E-state index < -0.39 is 12.2 Å². The molecule has 0 bridgehead atoms. The Kier molecular flexibility index (Phi) is 12.2. The van der Waals surface area contributed by atoms with Crippen molar-refractivity contribution in [3.63, 3.8) is 0 Å². The third-order valence-corrected chi connectivity index (χ3v) is 9.73. The molecule has 8 rings (SSSR count). The average Bonchev–Trinajstić information content (AvgIpc) is 3.78. The summed E-state index contributed by atoms with van der Waals surface area (Å²) in [6.07, 6.45) is -1.02. The minimum atomic E-state index is -0.508. The lowest BCUT2D eigenvalue weighted by Crippen LogP contribution is -2.14. The summed E-state index contributed by atoms with van der Waals surface area (Å²) < 4.78 is 4.21. The first-order valence-electron chi connectivity index (χ1n) is 18.6. The Bertz CT molecular complexity index is 2290. The van der Waals surface area contributed by atoms with Crippen molar-refractivity contribution in [1.29, 1.82) is 0 Å². The van der Waals surface area contributed by atoms with Gasteiger partial charge in [0.2, 0.25) is 0 Å². The molecule has 0 radical (unpaired) electrons. The molecule has 2 N–H and O–H groups in total. The maximum atomic E-state index is 10.2. The molecule has 0 saturated heterocycles. The van der Waals surface area contributed by atoms with Crippen molar-refractivity contribution in [2.24, 2.45) is 0 Å². The van der Waals surface area contributed by atoms with Crippen LogP contribution in [-0.2, 0) is 13.1 Å². The van der Waals surface area contributed by atoms with Crippen molar-refractivity contribution in [1.82, 2.24) is 19.1 Å². The van der Waals surface area contributed by atoms with Gasteiger partial charge in [0, 0.05) is 43.4 Å². The van der Waals surface area contributed by atoms with Crippen LogP contribution in [0.1, 0.15) is 13.8 Å². The Balaban J connectivity index is 0.000000172. The highest BCUT2D eigenvalue weighted by Crippen LogP contribution is 2.38. The van der Waals surface area contributed by atoms with Gasteiger partial charge in [-0.25, -0.2) is 9.97 Å². The molecule has 0 amide bonds. The van der Waals surface area contributed by atoms with Gasteiger partial charge in [-0.3, -0.25) is 0 Å². The highest BCUT2D eigenvalue weighted by atomic mass is 35.5. The lowest BCUT2D eigenvalue weighted by atomic mass is 10.0. The number of hydrogen-bond acceptors (Lipinski definition) is 4. The number of imidazole rings is 2. The van der Waals surface area contributed by atoms with Crippen LogP contribution in [0, 0.1) is 0 Å². The predicted octanol–water partition coefficient (Wildman–Crippen LogP) is 11.8. The van der Waals surface area contributed by atoms with Gasteiger partial charge in [0.15, 0.2) is 0 Å². The summed E-state index contributed by atoms with van der Waals surface area (Å²) in [4.78, 5) is 10.0. The van der Waals surface area contributed by atoms with Gasteiger partial charge < -0.3 is 19.3 Å². The molecule has 280 valence electrons. The predicted molar refractivity (Wildman–Crippen MR) is 230 cm³/mol. The molecule has 0 fully saturated rings. The van der Waals surface area contributed by atoms with Crippen LogP contribution in [0.15, 0.2) is 170 Å². The topological polar surface area (TPSA) is 76.1 Å². The molecule has 0 spiro atoms. The summed E-state index contributed by atoms with van der Waals surface area (Å²) in [6, 6.07) is 56.0. The Morgan fingerprint density at radius 3 is 0.982 bits per heavy atom. The van der Waals surface area contributed by atoms with E-state index in [1.165, 1.54) is 0 Å². The molecule has 0 aliphatic rings. The fraction of sp³-hybridized carbons (Fsp3) is 0.125. The van der Waals surface area contributed by atoms with Gasteiger partial charge in [-0.2, -0.15) is 0 Å². The molecule has 0 aliphatic heterocycles. The van der Waals surface area contributed by atoms with E-state index in [4.69, 9.17) is 33.2 Å². The smallest absolute Gasteiger partial charge is 0.141 e. The fourth-order valence-electron chi connectivity index (χ4n) is 6.80. The monoisotopic (exact) mass is 776 g/mol. The zero-order valence-electron chi connectivity index (χ0n) is 31.2. The lowest BCUT2D eigenvalue weighted by Gasteiger charge is -2.15. The molecule has 8 heteroatoms. The van der Waals surface area contributed by atoms with Crippen LogP contribution in [0.4, 0.5) is 0 Å². The summed E-state index contributed by atoms with van der Waals surface area (Å²) >= 11 is 12.2.